The molecule has 1 heterocycles. The lowest BCUT2D eigenvalue weighted by Crippen LogP contribution is -2.35. The molecule has 1 aliphatic carbocycles. The van der Waals surface area contributed by atoms with Crippen LogP contribution < -0.4 is 10.6 Å². The smallest absolute Gasteiger partial charge is 0.254 e. The molecule has 2 aliphatic rings. The van der Waals surface area contributed by atoms with Crippen molar-refractivity contribution in [3.8, 4) is 0 Å². The van der Waals surface area contributed by atoms with E-state index in [1.807, 2.05) is 6.92 Å². The normalized spacial score (nSPS) is 18.8. The molecule has 1 aliphatic heterocycles. The van der Waals surface area contributed by atoms with Gasteiger partial charge in [-0.05, 0) is 61.7 Å². The van der Waals surface area contributed by atoms with Crippen LogP contribution in [0.4, 0.5) is 10.1 Å². The Hall–Kier alpha value is -2.63. The first-order valence-corrected chi connectivity index (χ1v) is 10.4. The zero-order chi connectivity index (χ0) is 21.4. The summed E-state index contributed by atoms with van der Waals surface area (Å²) in [7, 11) is 0. The van der Waals surface area contributed by atoms with Crippen LogP contribution in [0.2, 0.25) is 10.0 Å². The van der Waals surface area contributed by atoms with Crippen LogP contribution in [-0.2, 0) is 9.59 Å². The van der Waals surface area contributed by atoms with Crippen molar-refractivity contribution >= 4 is 40.6 Å². The molecule has 0 saturated carbocycles. The van der Waals surface area contributed by atoms with Gasteiger partial charge in [0.2, 0.25) is 0 Å². The molecule has 1 unspecified atom stereocenters. The summed E-state index contributed by atoms with van der Waals surface area (Å²) < 4.78 is 13.2. The molecule has 30 heavy (non-hydrogen) atoms. The predicted octanol–water partition coefficient (Wildman–Crippen LogP) is 5.74. The summed E-state index contributed by atoms with van der Waals surface area (Å²) in [5.74, 6) is -1.31. The van der Waals surface area contributed by atoms with Crippen LogP contribution >= 0.6 is 23.2 Å². The van der Waals surface area contributed by atoms with E-state index in [4.69, 9.17) is 23.2 Å². The first kappa shape index (κ1) is 20.6. The Balaban J connectivity index is 1.79. The number of benzene rings is 2. The number of carbonyl (C=O) groups is 2. The number of allylic oxidation sites excluding steroid dienone is 3. The van der Waals surface area contributed by atoms with Gasteiger partial charge in [-0.25, -0.2) is 4.39 Å². The second kappa shape index (κ2) is 8.25. The quantitative estimate of drug-likeness (QED) is 0.634. The molecule has 2 N–H and O–H groups in total. The van der Waals surface area contributed by atoms with E-state index in [1.165, 1.54) is 24.3 Å². The summed E-state index contributed by atoms with van der Waals surface area (Å²) in [5.41, 5.74) is 3.71. The minimum absolute atomic E-state index is 0.0133. The molecule has 0 radical (unpaired) electrons. The van der Waals surface area contributed by atoms with E-state index in [1.54, 1.807) is 18.2 Å². The van der Waals surface area contributed by atoms with Gasteiger partial charge < -0.3 is 10.6 Å². The number of hydrogen-bond acceptors (Lipinski definition) is 3. The van der Waals surface area contributed by atoms with Gasteiger partial charge in [-0.3, -0.25) is 9.59 Å². The number of halogens is 3. The van der Waals surface area contributed by atoms with Gasteiger partial charge in [0.05, 0.1) is 10.0 Å². The Morgan fingerprint density at radius 1 is 1.10 bits per heavy atom. The zero-order valence-corrected chi connectivity index (χ0v) is 17.7. The second-order valence-corrected chi connectivity index (χ2v) is 8.21. The number of Topliss-reactive ketones (excluding diaryl/α,β-unsaturated/α-hetero) is 1. The van der Waals surface area contributed by atoms with Crippen LogP contribution in [0.1, 0.15) is 37.7 Å². The van der Waals surface area contributed by atoms with Gasteiger partial charge in [0.15, 0.2) is 5.78 Å². The van der Waals surface area contributed by atoms with Gasteiger partial charge in [-0.1, -0.05) is 29.3 Å². The summed E-state index contributed by atoms with van der Waals surface area (Å²) in [4.78, 5) is 26.2. The highest BCUT2D eigenvalue weighted by Crippen LogP contribution is 2.43. The standard InChI is InChI=1S/C23H19Cl2FN2O2/c1-12-20(23(30)28-15-8-6-14(26)7-9-15)21(13-5-10-16(24)17(25)11-13)22-18(27-12)3-2-4-19(22)29/h5-11,21,27H,2-4H2,1H3,(H,28,30). The summed E-state index contributed by atoms with van der Waals surface area (Å²) in [6, 6.07) is 10.7. The third-order valence-corrected chi connectivity index (χ3v) is 6.14. The molecule has 1 atom stereocenters. The number of carbonyl (C=O) groups excluding carboxylic acids is 2. The van der Waals surface area contributed by atoms with Crippen molar-refractivity contribution < 1.29 is 14.0 Å². The highest BCUT2D eigenvalue weighted by atomic mass is 35.5. The lowest BCUT2D eigenvalue weighted by Gasteiger charge is -2.34. The van der Waals surface area contributed by atoms with Crippen LogP contribution in [0.25, 0.3) is 0 Å². The maximum absolute atomic E-state index is 13.3. The highest BCUT2D eigenvalue weighted by molar-refractivity contribution is 6.42. The molecule has 2 aromatic carbocycles. The van der Waals surface area contributed by atoms with Gasteiger partial charge in [0.1, 0.15) is 5.82 Å². The molecule has 0 bridgehead atoms. The Labute approximate surface area is 183 Å². The molecule has 4 nitrogen and oxygen atoms in total. The fourth-order valence-corrected chi connectivity index (χ4v) is 4.35. The number of dihydropyridines is 1. The Morgan fingerprint density at radius 2 is 1.83 bits per heavy atom. The molecule has 7 heteroatoms. The van der Waals surface area contributed by atoms with E-state index < -0.39 is 5.92 Å². The van der Waals surface area contributed by atoms with Gasteiger partial charge in [-0.15, -0.1) is 0 Å². The van der Waals surface area contributed by atoms with Crippen LogP contribution in [0.5, 0.6) is 0 Å². The molecular formula is C23H19Cl2FN2O2. The molecular weight excluding hydrogens is 426 g/mol. The third-order valence-electron chi connectivity index (χ3n) is 5.40. The second-order valence-electron chi connectivity index (χ2n) is 7.40. The maximum Gasteiger partial charge on any atom is 0.254 e. The minimum Gasteiger partial charge on any atom is -0.362 e. The molecule has 0 spiro atoms. The zero-order valence-electron chi connectivity index (χ0n) is 16.2. The van der Waals surface area contributed by atoms with Crippen molar-refractivity contribution in [2.45, 2.75) is 32.1 Å². The van der Waals surface area contributed by atoms with E-state index in [-0.39, 0.29) is 17.5 Å². The summed E-state index contributed by atoms with van der Waals surface area (Å²) in [5, 5.41) is 6.82. The molecule has 2 aromatic rings. The van der Waals surface area contributed by atoms with Crippen molar-refractivity contribution in [1.29, 1.82) is 0 Å². The minimum atomic E-state index is -0.565. The maximum atomic E-state index is 13.3. The van der Waals surface area contributed by atoms with Crippen molar-refractivity contribution in [2.75, 3.05) is 5.32 Å². The average molecular weight is 445 g/mol. The average Bonchev–Trinajstić information content (AvgIpc) is 2.71. The Morgan fingerprint density at radius 3 is 2.53 bits per heavy atom. The van der Waals surface area contributed by atoms with Gasteiger partial charge in [-0.2, -0.15) is 0 Å². The van der Waals surface area contributed by atoms with Crippen LogP contribution in [0, 0.1) is 5.82 Å². The third kappa shape index (κ3) is 3.87. The summed E-state index contributed by atoms with van der Waals surface area (Å²) in [6.07, 6.45) is 1.94. The van der Waals surface area contributed by atoms with Crippen LogP contribution in [0.3, 0.4) is 0 Å². The van der Waals surface area contributed by atoms with Gasteiger partial charge >= 0.3 is 0 Å². The number of rotatable bonds is 3. The molecule has 0 saturated heterocycles. The Bertz CT molecular complexity index is 1110. The summed E-state index contributed by atoms with van der Waals surface area (Å²) in [6.45, 7) is 1.81. The van der Waals surface area contributed by atoms with E-state index in [0.29, 0.717) is 39.0 Å². The number of anilines is 1. The predicted molar refractivity (Wildman–Crippen MR) is 116 cm³/mol. The fraction of sp³-hybridized carbons (Fsp3) is 0.217. The van der Waals surface area contributed by atoms with Crippen LogP contribution in [-0.4, -0.2) is 11.7 Å². The lowest BCUT2D eigenvalue weighted by molar-refractivity contribution is -0.116. The lowest BCUT2D eigenvalue weighted by atomic mass is 9.75. The van der Waals surface area contributed by atoms with E-state index >= 15 is 0 Å². The van der Waals surface area contributed by atoms with E-state index in [0.717, 1.165) is 24.1 Å². The molecule has 4 rings (SSSR count). The number of ketones is 1. The van der Waals surface area contributed by atoms with Gasteiger partial charge in [0.25, 0.3) is 5.91 Å². The first-order chi connectivity index (χ1) is 14.3. The monoisotopic (exact) mass is 444 g/mol. The Kier molecular flexibility index (Phi) is 5.67. The SMILES string of the molecule is CC1=C(C(=O)Nc2ccc(F)cc2)C(c2ccc(Cl)c(Cl)c2)C2=C(CCCC2=O)N1. The first-order valence-electron chi connectivity index (χ1n) is 9.61. The van der Waals surface area contributed by atoms with Crippen molar-refractivity contribution in [2.24, 2.45) is 0 Å². The van der Waals surface area contributed by atoms with E-state index in [2.05, 4.69) is 10.6 Å². The van der Waals surface area contributed by atoms with Crippen LogP contribution in [0.15, 0.2) is 65.0 Å². The summed E-state index contributed by atoms with van der Waals surface area (Å²) >= 11 is 12.3. The number of nitrogens with one attached hydrogen (secondary N) is 2. The van der Waals surface area contributed by atoms with Crippen molar-refractivity contribution in [3.05, 3.63) is 86.4 Å². The van der Waals surface area contributed by atoms with Crippen molar-refractivity contribution in [3.63, 3.8) is 0 Å². The molecule has 154 valence electrons. The topological polar surface area (TPSA) is 58.2 Å². The number of amides is 1. The highest BCUT2D eigenvalue weighted by Gasteiger charge is 2.38. The molecule has 1 amide bonds. The largest absolute Gasteiger partial charge is 0.362 e. The number of hydrogen-bond donors (Lipinski definition) is 2. The molecule has 0 aromatic heterocycles. The fourth-order valence-electron chi connectivity index (χ4n) is 4.04. The van der Waals surface area contributed by atoms with Crippen molar-refractivity contribution in [1.82, 2.24) is 5.32 Å². The molecule has 0 fully saturated rings. The van der Waals surface area contributed by atoms with E-state index in [9.17, 15) is 14.0 Å². The van der Waals surface area contributed by atoms with Gasteiger partial charge in [0, 0.05) is 40.6 Å².